The van der Waals surface area contributed by atoms with E-state index in [-0.39, 0.29) is 11.8 Å². The average molecular weight is 280 g/mol. The molecule has 0 spiro atoms. The van der Waals surface area contributed by atoms with E-state index in [1.807, 2.05) is 6.07 Å². The second-order valence-electron chi connectivity index (χ2n) is 4.65. The summed E-state index contributed by atoms with van der Waals surface area (Å²) in [5.41, 5.74) is 0.911. The fourth-order valence-corrected chi connectivity index (χ4v) is 2.64. The third kappa shape index (κ3) is 3.07. The number of anilines is 1. The van der Waals surface area contributed by atoms with E-state index in [2.05, 4.69) is 21.8 Å². The first kappa shape index (κ1) is 13.9. The molecule has 2 heterocycles. The topological polar surface area (TPSA) is 45.2 Å². The summed E-state index contributed by atoms with van der Waals surface area (Å²) in [6.45, 7) is 5.30. The van der Waals surface area contributed by atoms with Crippen molar-refractivity contribution in [1.29, 1.82) is 0 Å². The van der Waals surface area contributed by atoms with Gasteiger partial charge in [-0.3, -0.25) is 4.79 Å². The van der Waals surface area contributed by atoms with Gasteiger partial charge in [0.1, 0.15) is 5.82 Å². The van der Waals surface area contributed by atoms with Crippen molar-refractivity contribution in [2.45, 2.75) is 12.8 Å². The van der Waals surface area contributed by atoms with Crippen LogP contribution < -0.4 is 10.2 Å². The molecule has 0 unspecified atom stereocenters. The maximum atomic E-state index is 11.6. The number of amides is 1. The highest BCUT2D eigenvalue weighted by molar-refractivity contribution is 6.33. The van der Waals surface area contributed by atoms with Gasteiger partial charge in [-0.15, -0.1) is 0 Å². The van der Waals surface area contributed by atoms with Gasteiger partial charge in [-0.05, 0) is 24.5 Å². The van der Waals surface area contributed by atoms with Crippen LogP contribution in [0.15, 0.2) is 18.8 Å². The monoisotopic (exact) mass is 279 g/mol. The molecule has 0 aliphatic carbocycles. The smallest absolute Gasteiger partial charge is 0.222 e. The molecule has 2 rings (SSSR count). The average Bonchev–Trinajstić information content (AvgIpc) is 2.46. The SMILES string of the molecule is C=Cc1cnc(N2CCC(C(=O)NC)CC2)c(Cl)c1. The van der Waals surface area contributed by atoms with Crippen molar-refractivity contribution in [3.05, 3.63) is 29.4 Å². The largest absolute Gasteiger partial charge is 0.359 e. The molecule has 0 aromatic carbocycles. The summed E-state index contributed by atoms with van der Waals surface area (Å²) >= 11 is 6.24. The lowest BCUT2D eigenvalue weighted by molar-refractivity contribution is -0.125. The molecule has 0 saturated carbocycles. The minimum absolute atomic E-state index is 0.104. The normalized spacial score (nSPS) is 16.2. The van der Waals surface area contributed by atoms with Crippen molar-refractivity contribution >= 4 is 29.4 Å². The van der Waals surface area contributed by atoms with Crippen LogP contribution in [0.3, 0.4) is 0 Å². The van der Waals surface area contributed by atoms with E-state index in [0.717, 1.165) is 37.3 Å². The molecule has 1 amide bonds. The van der Waals surface area contributed by atoms with Crippen LogP contribution in [0, 0.1) is 5.92 Å². The summed E-state index contributed by atoms with van der Waals surface area (Å²) in [6, 6.07) is 1.86. The molecule has 5 heteroatoms. The highest BCUT2D eigenvalue weighted by Crippen LogP contribution is 2.28. The summed E-state index contributed by atoms with van der Waals surface area (Å²) < 4.78 is 0. The van der Waals surface area contributed by atoms with E-state index in [1.54, 1.807) is 19.3 Å². The van der Waals surface area contributed by atoms with Crippen molar-refractivity contribution in [2.75, 3.05) is 25.0 Å². The molecule has 0 bridgehead atoms. The molecule has 0 radical (unpaired) electrons. The van der Waals surface area contributed by atoms with Crippen LogP contribution >= 0.6 is 11.6 Å². The van der Waals surface area contributed by atoms with Gasteiger partial charge in [0.2, 0.25) is 5.91 Å². The number of pyridine rings is 1. The van der Waals surface area contributed by atoms with Crippen molar-refractivity contribution in [3.63, 3.8) is 0 Å². The maximum absolute atomic E-state index is 11.6. The summed E-state index contributed by atoms with van der Waals surface area (Å²) in [6.07, 6.45) is 5.15. The lowest BCUT2D eigenvalue weighted by Crippen LogP contribution is -2.40. The van der Waals surface area contributed by atoms with Crippen LogP contribution in [-0.4, -0.2) is 31.0 Å². The third-order valence-corrected chi connectivity index (χ3v) is 3.77. The van der Waals surface area contributed by atoms with Crippen LogP contribution in [0.5, 0.6) is 0 Å². The molecule has 102 valence electrons. The number of nitrogens with one attached hydrogen (secondary N) is 1. The zero-order valence-corrected chi connectivity index (χ0v) is 11.8. The number of carbonyl (C=O) groups excluding carboxylic acids is 1. The lowest BCUT2D eigenvalue weighted by Gasteiger charge is -2.32. The number of carbonyl (C=O) groups is 1. The van der Waals surface area contributed by atoms with Crippen LogP contribution in [0.2, 0.25) is 5.02 Å². The standard InChI is InChI=1S/C14H18ClN3O/c1-3-10-8-12(15)13(17-9-10)18-6-4-11(5-7-18)14(19)16-2/h3,8-9,11H,1,4-7H2,2H3,(H,16,19). The Balaban J connectivity index is 2.05. The van der Waals surface area contributed by atoms with Gasteiger partial charge in [0, 0.05) is 32.3 Å². The Morgan fingerprint density at radius 3 is 2.79 bits per heavy atom. The summed E-state index contributed by atoms with van der Waals surface area (Å²) in [4.78, 5) is 18.1. The first-order valence-corrected chi connectivity index (χ1v) is 6.78. The number of halogens is 1. The molecular formula is C14H18ClN3O. The Bertz CT molecular complexity index is 482. The zero-order chi connectivity index (χ0) is 13.8. The Labute approximate surface area is 118 Å². The Hall–Kier alpha value is -1.55. The quantitative estimate of drug-likeness (QED) is 0.924. The first-order chi connectivity index (χ1) is 9.15. The van der Waals surface area contributed by atoms with E-state index in [9.17, 15) is 4.79 Å². The third-order valence-electron chi connectivity index (χ3n) is 3.49. The maximum Gasteiger partial charge on any atom is 0.222 e. The second kappa shape index (κ2) is 6.06. The first-order valence-electron chi connectivity index (χ1n) is 6.40. The van der Waals surface area contributed by atoms with Gasteiger partial charge < -0.3 is 10.2 Å². The Morgan fingerprint density at radius 2 is 2.26 bits per heavy atom. The highest BCUT2D eigenvalue weighted by atomic mass is 35.5. The predicted octanol–water partition coefficient (Wildman–Crippen LogP) is 2.34. The minimum Gasteiger partial charge on any atom is -0.359 e. The summed E-state index contributed by atoms with van der Waals surface area (Å²) in [5, 5.41) is 3.34. The van der Waals surface area contributed by atoms with Crippen molar-refractivity contribution < 1.29 is 4.79 Å². The van der Waals surface area contributed by atoms with E-state index < -0.39 is 0 Å². The zero-order valence-electron chi connectivity index (χ0n) is 11.0. The van der Waals surface area contributed by atoms with Crippen molar-refractivity contribution in [1.82, 2.24) is 10.3 Å². The van der Waals surface area contributed by atoms with Gasteiger partial charge in [-0.25, -0.2) is 4.98 Å². The van der Waals surface area contributed by atoms with Crippen molar-refractivity contribution in [2.24, 2.45) is 5.92 Å². The fourth-order valence-electron chi connectivity index (χ4n) is 2.35. The number of piperidine rings is 1. The van der Waals surface area contributed by atoms with Gasteiger partial charge in [0.05, 0.1) is 5.02 Å². The number of hydrogen-bond acceptors (Lipinski definition) is 3. The molecule has 19 heavy (non-hydrogen) atoms. The van der Waals surface area contributed by atoms with Gasteiger partial charge in [-0.2, -0.15) is 0 Å². The molecule has 1 saturated heterocycles. The second-order valence-corrected chi connectivity index (χ2v) is 5.06. The molecule has 1 aliphatic rings. The van der Waals surface area contributed by atoms with Crippen molar-refractivity contribution in [3.8, 4) is 0 Å². The fraction of sp³-hybridized carbons (Fsp3) is 0.429. The number of nitrogens with zero attached hydrogens (tertiary/aromatic N) is 2. The van der Waals surface area contributed by atoms with Crippen LogP contribution in [-0.2, 0) is 4.79 Å². The molecular weight excluding hydrogens is 262 g/mol. The summed E-state index contributed by atoms with van der Waals surface area (Å²) in [5.74, 6) is 1.02. The van der Waals surface area contributed by atoms with E-state index in [1.165, 1.54) is 0 Å². The lowest BCUT2D eigenvalue weighted by atomic mass is 9.96. The van der Waals surface area contributed by atoms with Crippen LogP contribution in [0.1, 0.15) is 18.4 Å². The molecule has 1 aromatic rings. The van der Waals surface area contributed by atoms with E-state index in [0.29, 0.717) is 5.02 Å². The molecule has 1 aliphatic heterocycles. The van der Waals surface area contributed by atoms with Gasteiger partial charge in [0.25, 0.3) is 0 Å². The van der Waals surface area contributed by atoms with Gasteiger partial charge in [0.15, 0.2) is 0 Å². The number of hydrogen-bond donors (Lipinski definition) is 1. The van der Waals surface area contributed by atoms with E-state index >= 15 is 0 Å². The predicted molar refractivity (Wildman–Crippen MR) is 78.3 cm³/mol. The summed E-state index contributed by atoms with van der Waals surface area (Å²) in [7, 11) is 1.68. The molecule has 1 fully saturated rings. The molecule has 1 N–H and O–H groups in total. The number of aromatic nitrogens is 1. The van der Waals surface area contributed by atoms with Gasteiger partial charge >= 0.3 is 0 Å². The minimum atomic E-state index is 0.104. The number of rotatable bonds is 3. The Morgan fingerprint density at radius 1 is 1.58 bits per heavy atom. The van der Waals surface area contributed by atoms with E-state index in [4.69, 9.17) is 11.6 Å². The Kier molecular flexibility index (Phi) is 4.43. The molecule has 0 atom stereocenters. The highest BCUT2D eigenvalue weighted by Gasteiger charge is 2.25. The van der Waals surface area contributed by atoms with Crippen LogP contribution in [0.25, 0.3) is 6.08 Å². The van der Waals surface area contributed by atoms with Crippen LogP contribution in [0.4, 0.5) is 5.82 Å². The molecule has 1 aromatic heterocycles. The molecule has 4 nitrogen and oxygen atoms in total. The van der Waals surface area contributed by atoms with Gasteiger partial charge in [-0.1, -0.05) is 24.3 Å².